The molecule has 14 heteroatoms. The highest BCUT2D eigenvalue weighted by Crippen LogP contribution is 2.47. The van der Waals surface area contributed by atoms with Crippen molar-refractivity contribution in [2.45, 2.75) is 107 Å². The topological polar surface area (TPSA) is 169 Å². The van der Waals surface area contributed by atoms with Crippen LogP contribution in [0.3, 0.4) is 0 Å². The minimum Gasteiger partial charge on any atom is -0.497 e. The summed E-state index contributed by atoms with van der Waals surface area (Å²) in [5, 5.41) is 5.00. The van der Waals surface area contributed by atoms with Gasteiger partial charge in [-0.1, -0.05) is 63.2 Å². The molecule has 0 spiro atoms. The number of amides is 4. The number of nitrogens with zero attached hydrogens (tertiary/aromatic N) is 1. The molecule has 2 aromatic rings. The predicted octanol–water partition coefficient (Wildman–Crippen LogP) is 4.56. The smallest absolute Gasteiger partial charge is 0.408 e. The minimum absolute atomic E-state index is 0.0137. The molecule has 4 fully saturated rings. The van der Waals surface area contributed by atoms with Crippen LogP contribution in [0.4, 0.5) is 4.79 Å². The van der Waals surface area contributed by atoms with Crippen LogP contribution in [0, 0.1) is 11.3 Å². The van der Waals surface area contributed by atoms with Crippen molar-refractivity contribution in [2.75, 3.05) is 20.8 Å². The van der Waals surface area contributed by atoms with E-state index in [1.807, 2.05) is 69.3 Å². The lowest BCUT2D eigenvalue weighted by molar-refractivity contribution is -0.143. The van der Waals surface area contributed by atoms with Crippen molar-refractivity contribution < 1.29 is 41.8 Å². The third kappa shape index (κ3) is 8.00. The number of rotatable bonds is 13. The van der Waals surface area contributed by atoms with E-state index in [0.717, 1.165) is 36.8 Å². The number of ether oxygens (including phenoxy) is 3. The predicted molar refractivity (Wildman–Crippen MR) is 202 cm³/mol. The van der Waals surface area contributed by atoms with Crippen LogP contribution in [0.15, 0.2) is 61.2 Å². The van der Waals surface area contributed by atoms with Gasteiger partial charge in [0, 0.05) is 19.4 Å². The lowest BCUT2D eigenvalue weighted by Crippen LogP contribution is -2.60. The number of alkyl carbamates (subject to hydrolysis) is 1. The number of hydrogen-bond donors (Lipinski definition) is 3. The molecule has 4 amide bonds. The molecule has 0 aromatic heterocycles. The Morgan fingerprint density at radius 1 is 0.963 bits per heavy atom. The Kier molecular flexibility index (Phi) is 10.9. The maximum atomic E-state index is 14.8. The maximum absolute atomic E-state index is 14.8. The van der Waals surface area contributed by atoms with Crippen molar-refractivity contribution in [1.29, 1.82) is 0 Å². The first-order chi connectivity index (χ1) is 25.6. The fourth-order valence-corrected chi connectivity index (χ4v) is 9.09. The Hall–Kier alpha value is -4.43. The van der Waals surface area contributed by atoms with Gasteiger partial charge in [0.1, 0.15) is 35.1 Å². The summed E-state index contributed by atoms with van der Waals surface area (Å²) in [6.45, 7) is 9.19. The van der Waals surface area contributed by atoms with E-state index in [1.165, 1.54) is 18.1 Å². The molecule has 3 saturated carbocycles. The van der Waals surface area contributed by atoms with Crippen LogP contribution in [0.1, 0.15) is 77.7 Å². The van der Waals surface area contributed by atoms with Crippen molar-refractivity contribution >= 4 is 33.8 Å². The van der Waals surface area contributed by atoms with E-state index in [2.05, 4.69) is 21.9 Å². The van der Waals surface area contributed by atoms with Crippen LogP contribution in [-0.2, 0) is 39.5 Å². The van der Waals surface area contributed by atoms with Gasteiger partial charge in [-0.05, 0) is 79.2 Å². The van der Waals surface area contributed by atoms with E-state index in [9.17, 15) is 27.6 Å². The summed E-state index contributed by atoms with van der Waals surface area (Å²) >= 11 is 0. The summed E-state index contributed by atoms with van der Waals surface area (Å²) in [7, 11) is -0.781. The molecule has 0 unspecified atom stereocenters. The van der Waals surface area contributed by atoms with Gasteiger partial charge >= 0.3 is 6.09 Å². The molecule has 3 N–H and O–H groups in total. The second-order valence-electron chi connectivity index (χ2n) is 16.1. The van der Waals surface area contributed by atoms with Gasteiger partial charge in [-0.15, -0.1) is 6.58 Å². The Morgan fingerprint density at radius 2 is 1.65 bits per heavy atom. The number of methoxy groups -OCH3 is 2. The highest BCUT2D eigenvalue weighted by atomic mass is 32.2. The molecule has 54 heavy (non-hydrogen) atoms. The molecule has 1 saturated heterocycles. The van der Waals surface area contributed by atoms with E-state index in [-0.39, 0.29) is 25.5 Å². The summed E-state index contributed by atoms with van der Waals surface area (Å²) in [5.41, 5.74) is -0.955. The molecular weight excluding hydrogens is 713 g/mol. The molecule has 0 radical (unpaired) electrons. The van der Waals surface area contributed by atoms with E-state index in [0.29, 0.717) is 24.2 Å². The number of benzene rings is 2. The van der Waals surface area contributed by atoms with Gasteiger partial charge in [0.15, 0.2) is 0 Å². The van der Waals surface area contributed by atoms with Gasteiger partial charge in [-0.2, -0.15) is 0 Å². The van der Waals surface area contributed by atoms with E-state index in [1.54, 1.807) is 7.11 Å². The minimum atomic E-state index is -3.90. The van der Waals surface area contributed by atoms with Gasteiger partial charge in [-0.25, -0.2) is 13.2 Å². The molecular formula is C40H52N4O9S. The standard InChI is InChI=1S/C40H52N4O9S/c1-7-27-22-40(27,36(47)43-54(49,50)31-19-20-31)42-34(45)32-23-39(52-6,28-17-15-25(16-18-28)26-11-10-14-30(21-26)51-5)24-44(32)35(46)33(38(2,3)4)41-37(48)53-29-12-8-9-13-29/h7,10-11,14-18,21,27,29,31-33H,1,8-9,12-13,19-20,22-24H2,2-6H3,(H,41,48)(H,42,45)(H,43,47)/t27-,32+,33-,39+,40-/m1/s1. The number of hydrogen-bond acceptors (Lipinski definition) is 9. The Bertz CT molecular complexity index is 1880. The monoisotopic (exact) mass is 764 g/mol. The van der Waals surface area contributed by atoms with Gasteiger partial charge in [-0.3, -0.25) is 19.1 Å². The normalized spacial score (nSPS) is 26.1. The Balaban J connectivity index is 1.32. The van der Waals surface area contributed by atoms with Crippen LogP contribution >= 0.6 is 0 Å². The van der Waals surface area contributed by atoms with Crippen LogP contribution in [0.5, 0.6) is 5.75 Å². The quantitative estimate of drug-likeness (QED) is 0.248. The summed E-state index contributed by atoms with van der Waals surface area (Å²) in [5.74, 6) is -1.82. The first-order valence-corrected chi connectivity index (χ1v) is 20.2. The number of sulfonamides is 1. The van der Waals surface area contributed by atoms with Crippen LogP contribution in [0.25, 0.3) is 11.1 Å². The zero-order valence-corrected chi connectivity index (χ0v) is 32.5. The van der Waals surface area contributed by atoms with Crippen molar-refractivity contribution in [3.63, 3.8) is 0 Å². The van der Waals surface area contributed by atoms with Crippen molar-refractivity contribution in [3.05, 3.63) is 66.7 Å². The molecule has 4 aliphatic rings. The zero-order chi connectivity index (χ0) is 39.1. The lowest BCUT2D eigenvalue weighted by atomic mass is 9.85. The molecule has 13 nitrogen and oxygen atoms in total. The fraction of sp³-hybridized carbons (Fsp3) is 0.550. The largest absolute Gasteiger partial charge is 0.497 e. The molecule has 1 aliphatic heterocycles. The molecule has 5 atom stereocenters. The van der Waals surface area contributed by atoms with E-state index < -0.39 is 73.6 Å². The lowest BCUT2D eigenvalue weighted by Gasteiger charge is -2.36. The van der Waals surface area contributed by atoms with Gasteiger partial charge in [0.2, 0.25) is 21.8 Å². The third-order valence-corrected chi connectivity index (χ3v) is 13.1. The second kappa shape index (κ2) is 15.0. The summed E-state index contributed by atoms with van der Waals surface area (Å²) in [6.07, 6.45) is 5.10. The summed E-state index contributed by atoms with van der Waals surface area (Å²) < 4.78 is 45.0. The molecule has 0 bridgehead atoms. The Labute approximate surface area is 317 Å². The van der Waals surface area contributed by atoms with Crippen LogP contribution in [0.2, 0.25) is 0 Å². The summed E-state index contributed by atoms with van der Waals surface area (Å²) in [6, 6.07) is 13.0. The van der Waals surface area contributed by atoms with Crippen LogP contribution in [-0.4, -0.2) is 86.9 Å². The highest BCUT2D eigenvalue weighted by molar-refractivity contribution is 7.91. The molecule has 292 valence electrons. The fourth-order valence-electron chi connectivity index (χ4n) is 7.73. The second-order valence-corrected chi connectivity index (χ2v) is 18.1. The maximum Gasteiger partial charge on any atom is 0.408 e. The average molecular weight is 765 g/mol. The van der Waals surface area contributed by atoms with Gasteiger partial charge < -0.3 is 29.7 Å². The third-order valence-electron chi connectivity index (χ3n) is 11.3. The first-order valence-electron chi connectivity index (χ1n) is 18.6. The number of nitrogens with one attached hydrogen (secondary N) is 3. The molecule has 3 aliphatic carbocycles. The zero-order valence-electron chi connectivity index (χ0n) is 31.7. The van der Waals surface area contributed by atoms with E-state index in [4.69, 9.17) is 14.2 Å². The number of carbonyl (C=O) groups is 4. The molecule has 2 aromatic carbocycles. The van der Waals surface area contributed by atoms with Crippen molar-refractivity contribution in [1.82, 2.24) is 20.3 Å². The van der Waals surface area contributed by atoms with Crippen LogP contribution < -0.4 is 20.1 Å². The highest BCUT2D eigenvalue weighted by Gasteiger charge is 2.62. The SMILES string of the molecule is C=C[C@@H]1C[C@]1(NC(=O)[C@@H]1C[C@@](OC)(c2ccc(-c3cccc(OC)c3)cc2)CN1C(=O)[C@@H](NC(=O)OC1CCCC1)C(C)(C)C)C(=O)NS(=O)(=O)C1CC1. The molecule has 1 heterocycles. The average Bonchev–Trinajstić information content (AvgIpc) is 4.03. The number of carbonyl (C=O) groups excluding carboxylic acids is 4. The van der Waals surface area contributed by atoms with Gasteiger partial charge in [0.25, 0.3) is 5.91 Å². The summed E-state index contributed by atoms with van der Waals surface area (Å²) in [4.78, 5) is 57.4. The van der Waals surface area contributed by atoms with Crippen molar-refractivity contribution in [3.8, 4) is 16.9 Å². The first kappa shape index (κ1) is 39.3. The van der Waals surface area contributed by atoms with Gasteiger partial charge in [0.05, 0.1) is 18.9 Å². The Morgan fingerprint density at radius 3 is 2.22 bits per heavy atom. The van der Waals surface area contributed by atoms with E-state index >= 15 is 0 Å². The van der Waals surface area contributed by atoms with Crippen molar-refractivity contribution in [2.24, 2.45) is 11.3 Å². The molecule has 6 rings (SSSR count). The number of likely N-dealkylation sites (tertiary alicyclic amines) is 1.